The van der Waals surface area contributed by atoms with E-state index in [0.717, 1.165) is 6.17 Å². The van der Waals surface area contributed by atoms with Gasteiger partial charge in [0.1, 0.15) is 0 Å². The minimum atomic E-state index is -2.32. The van der Waals surface area contributed by atoms with E-state index in [9.17, 15) is 0 Å². The minimum absolute atomic E-state index is 0.309. The molecule has 0 aliphatic rings. The molecule has 0 saturated heterocycles. The molecule has 1 aromatic heterocycles. The molecule has 6 aromatic carbocycles. The van der Waals surface area contributed by atoms with Crippen molar-refractivity contribution in [3.05, 3.63) is 200 Å². The Morgan fingerprint density at radius 3 is 1.18 bits per heavy atom. The van der Waals surface area contributed by atoms with E-state index in [2.05, 4.69) is 213 Å². The van der Waals surface area contributed by atoms with Crippen LogP contribution in [0.5, 0.6) is 0 Å². The van der Waals surface area contributed by atoms with Crippen molar-refractivity contribution in [1.82, 2.24) is 9.55 Å². The summed E-state index contributed by atoms with van der Waals surface area (Å²) in [6, 6.07) is 61.9. The molecule has 2 nitrogen and oxygen atoms in total. The van der Waals surface area contributed by atoms with Gasteiger partial charge in [0, 0.05) is 18.6 Å². The van der Waals surface area contributed by atoms with Crippen LogP contribution >= 0.6 is 0 Å². The van der Waals surface area contributed by atoms with Crippen LogP contribution in [0.3, 0.4) is 0 Å². The van der Waals surface area contributed by atoms with Crippen molar-refractivity contribution in [2.45, 2.75) is 45.7 Å². The lowest BCUT2D eigenvalue weighted by molar-refractivity contribution is 0.858. The summed E-state index contributed by atoms with van der Waals surface area (Å²) in [6.07, 6.45) is 6.86. The first-order valence-corrected chi connectivity index (χ1v) is 20.0. The van der Waals surface area contributed by atoms with Gasteiger partial charge in [0.2, 0.25) is 6.71 Å². The number of aromatic nitrogens is 2. The molecule has 0 aliphatic heterocycles. The van der Waals surface area contributed by atoms with Crippen LogP contribution in [0.25, 0.3) is 0 Å². The smallest absolute Gasteiger partial charge is 0.241 e. The molecule has 0 atom stereocenters. The van der Waals surface area contributed by atoms with Gasteiger partial charge in [-0.15, -0.1) is 0 Å². The fourth-order valence-corrected chi connectivity index (χ4v) is 11.5. The maximum Gasteiger partial charge on any atom is 0.241 e. The summed E-state index contributed by atoms with van der Waals surface area (Å²) in [4.78, 5) is 4.35. The van der Waals surface area contributed by atoms with Gasteiger partial charge in [0.25, 0.3) is 0 Å². The highest BCUT2D eigenvalue weighted by molar-refractivity contribution is 7.10. The Balaban J connectivity index is 0.000000194. The SMILES string of the molecule is CC(C)c1ccc([Si](Cn2ccnc2)(c2ccccc2)c2ccc(C(C)C)cc2)cc1.c1ccc(B(c2ccccc2)c2ccccc2)cc1. The average Bonchev–Trinajstić information content (AvgIpc) is 3.69. The fraction of sp³-hybridized carbons (Fsp3) is 0.152. The van der Waals surface area contributed by atoms with Gasteiger partial charge < -0.3 is 4.57 Å². The zero-order chi connectivity index (χ0) is 34.8. The van der Waals surface area contributed by atoms with Crippen molar-refractivity contribution >= 4 is 46.7 Å². The highest BCUT2D eigenvalue weighted by Gasteiger charge is 2.40. The summed E-state index contributed by atoms with van der Waals surface area (Å²) in [6.45, 7) is 9.34. The Bertz CT molecular complexity index is 1850. The van der Waals surface area contributed by atoms with Crippen molar-refractivity contribution in [1.29, 1.82) is 0 Å². The van der Waals surface area contributed by atoms with E-state index in [1.54, 1.807) is 0 Å². The predicted molar refractivity (Wildman–Crippen MR) is 218 cm³/mol. The van der Waals surface area contributed by atoms with Gasteiger partial charge in [-0.1, -0.05) is 214 Å². The number of benzene rings is 6. The maximum atomic E-state index is 4.35. The van der Waals surface area contributed by atoms with Crippen LogP contribution in [-0.2, 0) is 6.17 Å². The van der Waals surface area contributed by atoms with E-state index < -0.39 is 8.07 Å². The standard InChI is InChI=1S/C28H32N2Si.C18H15B/c1-22(2)24-10-14-27(15-11-24)31(21-30-19-18-29-20-30,26-8-6-5-7-9-26)28-16-12-25(13-17-28)23(3)4;1-4-10-16(11-5-1)19(17-12-6-2-7-13-17)18-14-8-3-9-15-18/h5-20,22-23H,21H2,1-4H3;1-15H. The largest absolute Gasteiger partial charge is 0.339 e. The molecular formula is C46H47BN2Si. The number of imidazole rings is 1. The van der Waals surface area contributed by atoms with Gasteiger partial charge in [0.05, 0.1) is 6.33 Å². The molecule has 0 spiro atoms. The van der Waals surface area contributed by atoms with Crippen LogP contribution in [0.1, 0.15) is 50.7 Å². The second kappa shape index (κ2) is 16.5. The summed E-state index contributed by atoms with van der Waals surface area (Å²) < 4.78 is 2.26. The zero-order valence-electron chi connectivity index (χ0n) is 29.7. The second-order valence-corrected chi connectivity index (χ2v) is 17.6. The molecule has 0 saturated carbocycles. The Hall–Kier alpha value is -5.19. The van der Waals surface area contributed by atoms with E-state index in [1.165, 1.54) is 43.1 Å². The number of nitrogens with zero attached hydrogens (tertiary/aromatic N) is 2. The molecule has 1 heterocycles. The highest BCUT2D eigenvalue weighted by Crippen LogP contribution is 2.18. The highest BCUT2D eigenvalue weighted by atomic mass is 28.3. The van der Waals surface area contributed by atoms with E-state index in [4.69, 9.17) is 0 Å². The summed E-state index contributed by atoms with van der Waals surface area (Å²) in [7, 11) is -2.32. The number of hydrogen-bond donors (Lipinski definition) is 0. The van der Waals surface area contributed by atoms with Crippen LogP contribution in [0.15, 0.2) is 189 Å². The molecular weight excluding hydrogens is 619 g/mol. The van der Waals surface area contributed by atoms with Crippen molar-refractivity contribution in [2.75, 3.05) is 0 Å². The lowest BCUT2D eigenvalue weighted by atomic mass is 9.37. The lowest BCUT2D eigenvalue weighted by Gasteiger charge is -2.34. The van der Waals surface area contributed by atoms with E-state index in [0.29, 0.717) is 18.5 Å². The molecule has 0 bridgehead atoms. The first-order valence-electron chi connectivity index (χ1n) is 17.8. The molecule has 4 heteroatoms. The molecule has 0 unspecified atom stereocenters. The van der Waals surface area contributed by atoms with Crippen molar-refractivity contribution in [3.63, 3.8) is 0 Å². The Morgan fingerprint density at radius 1 is 0.480 bits per heavy atom. The minimum Gasteiger partial charge on any atom is -0.339 e. The second-order valence-electron chi connectivity index (χ2n) is 13.7. The zero-order valence-corrected chi connectivity index (χ0v) is 30.7. The third-order valence-electron chi connectivity index (χ3n) is 9.78. The number of rotatable bonds is 10. The van der Waals surface area contributed by atoms with Gasteiger partial charge in [-0.25, -0.2) is 4.98 Å². The first kappa shape index (κ1) is 34.7. The Kier molecular flexibility index (Phi) is 11.4. The van der Waals surface area contributed by atoms with Gasteiger partial charge >= 0.3 is 0 Å². The topological polar surface area (TPSA) is 17.8 Å². The van der Waals surface area contributed by atoms with Crippen LogP contribution in [0.4, 0.5) is 0 Å². The first-order chi connectivity index (χ1) is 24.5. The third-order valence-corrected chi connectivity index (χ3v) is 14.6. The van der Waals surface area contributed by atoms with Crippen LogP contribution in [-0.4, -0.2) is 24.3 Å². The molecule has 50 heavy (non-hydrogen) atoms. The predicted octanol–water partition coefficient (Wildman–Crippen LogP) is 7.04. The van der Waals surface area contributed by atoms with E-state index >= 15 is 0 Å². The quantitative estimate of drug-likeness (QED) is 0.113. The molecule has 0 radical (unpaired) electrons. The third kappa shape index (κ3) is 7.99. The monoisotopic (exact) mass is 666 g/mol. The van der Waals surface area contributed by atoms with E-state index in [-0.39, 0.29) is 0 Å². The molecule has 0 aliphatic carbocycles. The molecule has 7 rings (SSSR count). The van der Waals surface area contributed by atoms with Gasteiger partial charge in [-0.2, -0.15) is 0 Å². The van der Waals surface area contributed by atoms with Crippen molar-refractivity contribution < 1.29 is 0 Å². The molecule has 0 amide bonds. The average molecular weight is 667 g/mol. The Morgan fingerprint density at radius 2 is 0.840 bits per heavy atom. The summed E-state index contributed by atoms with van der Waals surface area (Å²) in [5, 5.41) is 4.31. The number of hydrogen-bond acceptors (Lipinski definition) is 1. The molecule has 0 N–H and O–H groups in total. The maximum absolute atomic E-state index is 4.35. The summed E-state index contributed by atoms with van der Waals surface area (Å²) in [5.41, 5.74) is 6.77. The molecule has 248 valence electrons. The molecule has 7 aromatic rings. The normalized spacial score (nSPS) is 11.2. The van der Waals surface area contributed by atoms with Crippen molar-refractivity contribution in [2.24, 2.45) is 0 Å². The fourth-order valence-electron chi connectivity index (χ4n) is 6.97. The lowest BCUT2D eigenvalue weighted by Crippen LogP contribution is -2.69. The Labute approximate surface area is 300 Å². The van der Waals surface area contributed by atoms with Crippen LogP contribution in [0.2, 0.25) is 0 Å². The molecule has 0 fully saturated rings. The van der Waals surface area contributed by atoms with E-state index in [1.807, 2.05) is 12.5 Å². The van der Waals surface area contributed by atoms with Gasteiger partial charge in [0.15, 0.2) is 8.07 Å². The van der Waals surface area contributed by atoms with Gasteiger partial charge in [-0.05, 0) is 38.5 Å². The summed E-state index contributed by atoms with van der Waals surface area (Å²) >= 11 is 0. The van der Waals surface area contributed by atoms with Crippen LogP contribution in [0, 0.1) is 0 Å². The van der Waals surface area contributed by atoms with Gasteiger partial charge in [-0.3, -0.25) is 0 Å². The van der Waals surface area contributed by atoms with Crippen LogP contribution < -0.4 is 31.9 Å². The van der Waals surface area contributed by atoms with Crippen molar-refractivity contribution in [3.8, 4) is 0 Å². The summed E-state index contributed by atoms with van der Waals surface area (Å²) in [5.74, 6) is 1.06.